The average Bonchev–Trinajstić information content (AvgIpc) is 3.26. The Labute approximate surface area is 181 Å². The molecule has 0 spiro atoms. The number of nitrogens with zero attached hydrogens (tertiary/aromatic N) is 2. The molecule has 1 N–H and O–H groups in total. The number of fused-ring (bicyclic) bond motifs is 3. The molecule has 1 amide bonds. The zero-order chi connectivity index (χ0) is 21.3. The number of ether oxygens (including phenoxy) is 1. The van der Waals surface area contributed by atoms with Gasteiger partial charge >= 0.3 is 0 Å². The van der Waals surface area contributed by atoms with Gasteiger partial charge in [-0.25, -0.2) is 0 Å². The molecule has 30 heavy (non-hydrogen) atoms. The maximum Gasteiger partial charge on any atom is 0.268 e. The van der Waals surface area contributed by atoms with Gasteiger partial charge in [-0.05, 0) is 43.7 Å². The van der Waals surface area contributed by atoms with Gasteiger partial charge in [0.05, 0.1) is 23.2 Å². The number of aromatic nitrogens is 2. The van der Waals surface area contributed by atoms with Gasteiger partial charge in [-0.2, -0.15) is 0 Å². The van der Waals surface area contributed by atoms with E-state index in [2.05, 4.69) is 46.5 Å². The second-order valence-corrected chi connectivity index (χ2v) is 8.13. The minimum atomic E-state index is -0.100. The molecule has 0 bridgehead atoms. The Kier molecular flexibility index (Phi) is 5.84. The summed E-state index contributed by atoms with van der Waals surface area (Å²) in [7, 11) is 1.68. The molecule has 4 aromatic rings. The zero-order valence-electron chi connectivity index (χ0n) is 17.5. The van der Waals surface area contributed by atoms with Crippen molar-refractivity contribution in [2.45, 2.75) is 33.0 Å². The Bertz CT molecular complexity index is 1190. The van der Waals surface area contributed by atoms with Crippen LogP contribution in [-0.2, 0) is 17.8 Å². The number of carbonyl (C=O) groups excluding carboxylic acids is 1. The van der Waals surface area contributed by atoms with Gasteiger partial charge in [0.15, 0.2) is 0 Å². The lowest BCUT2D eigenvalue weighted by molar-refractivity contribution is 0.0939. The van der Waals surface area contributed by atoms with Crippen molar-refractivity contribution >= 4 is 39.4 Å². The van der Waals surface area contributed by atoms with Crippen LogP contribution in [0.4, 0.5) is 0 Å². The summed E-state index contributed by atoms with van der Waals surface area (Å²) in [4.78, 5) is 13.1. The molecule has 4 rings (SSSR count). The molecule has 0 saturated heterocycles. The lowest BCUT2D eigenvalue weighted by Gasteiger charge is -2.12. The molecule has 6 heteroatoms. The Morgan fingerprint density at radius 1 is 1.10 bits per heavy atom. The van der Waals surface area contributed by atoms with E-state index in [0.29, 0.717) is 30.4 Å². The quantitative estimate of drug-likeness (QED) is 0.432. The van der Waals surface area contributed by atoms with Crippen LogP contribution in [0.25, 0.3) is 21.9 Å². The standard InChI is InChI=1S/C24H26ClN3O2/c1-16(2)28-20-7-5-4-6-19(20)23-21(28)14-22(27(23)12-13-30-3)24(29)26-15-17-8-10-18(25)11-9-17/h4-11,14,16H,12-13,15H2,1-3H3,(H,26,29). The molecule has 0 fully saturated rings. The highest BCUT2D eigenvalue weighted by atomic mass is 35.5. The van der Waals surface area contributed by atoms with Crippen LogP contribution in [0.15, 0.2) is 54.6 Å². The van der Waals surface area contributed by atoms with E-state index in [0.717, 1.165) is 22.0 Å². The van der Waals surface area contributed by atoms with Crippen LogP contribution in [0.3, 0.4) is 0 Å². The van der Waals surface area contributed by atoms with Gasteiger partial charge in [0.1, 0.15) is 5.69 Å². The van der Waals surface area contributed by atoms with E-state index in [1.807, 2.05) is 36.4 Å². The average molecular weight is 424 g/mol. The fourth-order valence-electron chi connectivity index (χ4n) is 4.05. The van der Waals surface area contributed by atoms with Crippen LogP contribution in [-0.4, -0.2) is 28.8 Å². The smallest absolute Gasteiger partial charge is 0.268 e. The predicted molar refractivity (Wildman–Crippen MR) is 122 cm³/mol. The number of amides is 1. The molecule has 0 aliphatic heterocycles. The van der Waals surface area contributed by atoms with Crippen molar-refractivity contribution in [3.8, 4) is 0 Å². The number of methoxy groups -OCH3 is 1. The summed E-state index contributed by atoms with van der Waals surface area (Å²) >= 11 is 5.96. The molecule has 0 atom stereocenters. The van der Waals surface area contributed by atoms with E-state index in [-0.39, 0.29) is 11.9 Å². The zero-order valence-corrected chi connectivity index (χ0v) is 18.2. The van der Waals surface area contributed by atoms with Crippen LogP contribution in [0.1, 0.15) is 35.9 Å². The summed E-state index contributed by atoms with van der Waals surface area (Å²) in [6.07, 6.45) is 0. The van der Waals surface area contributed by atoms with E-state index < -0.39 is 0 Å². The highest BCUT2D eigenvalue weighted by molar-refractivity contribution is 6.30. The fraction of sp³-hybridized carbons (Fsp3) is 0.292. The highest BCUT2D eigenvalue weighted by Gasteiger charge is 2.22. The third-order valence-corrected chi connectivity index (χ3v) is 5.64. The number of halogens is 1. The second kappa shape index (κ2) is 8.54. The Morgan fingerprint density at radius 3 is 2.53 bits per heavy atom. The minimum Gasteiger partial charge on any atom is -0.383 e. The molecule has 2 heterocycles. The molecule has 0 saturated carbocycles. The fourth-order valence-corrected chi connectivity index (χ4v) is 4.18. The van der Waals surface area contributed by atoms with Crippen molar-refractivity contribution in [3.63, 3.8) is 0 Å². The Hall–Kier alpha value is -2.76. The summed E-state index contributed by atoms with van der Waals surface area (Å²) in [5.74, 6) is -0.100. The number of nitrogens with one attached hydrogen (secondary N) is 1. The number of carbonyl (C=O) groups is 1. The van der Waals surface area contributed by atoms with Crippen LogP contribution in [0.2, 0.25) is 5.02 Å². The molecule has 2 aromatic heterocycles. The minimum absolute atomic E-state index is 0.100. The summed E-state index contributed by atoms with van der Waals surface area (Å²) in [6.45, 7) is 5.91. The van der Waals surface area contributed by atoms with E-state index in [4.69, 9.17) is 16.3 Å². The summed E-state index contributed by atoms with van der Waals surface area (Å²) in [5, 5.41) is 4.88. The largest absolute Gasteiger partial charge is 0.383 e. The monoisotopic (exact) mass is 423 g/mol. The van der Waals surface area contributed by atoms with Gasteiger partial charge in [0.2, 0.25) is 0 Å². The number of hydrogen-bond acceptors (Lipinski definition) is 2. The summed E-state index contributed by atoms with van der Waals surface area (Å²) in [5.41, 5.74) is 4.97. The van der Waals surface area contributed by atoms with Gasteiger partial charge in [-0.3, -0.25) is 4.79 Å². The van der Waals surface area contributed by atoms with Crippen molar-refractivity contribution in [2.75, 3.05) is 13.7 Å². The first kappa shape index (κ1) is 20.5. The van der Waals surface area contributed by atoms with Crippen molar-refractivity contribution in [2.24, 2.45) is 0 Å². The topological polar surface area (TPSA) is 48.2 Å². The first-order chi connectivity index (χ1) is 14.5. The molecule has 2 aromatic carbocycles. The van der Waals surface area contributed by atoms with Gasteiger partial charge < -0.3 is 19.2 Å². The van der Waals surface area contributed by atoms with Gasteiger partial charge in [0.25, 0.3) is 5.91 Å². The molecule has 5 nitrogen and oxygen atoms in total. The SMILES string of the molecule is COCCn1c(C(=O)NCc2ccc(Cl)cc2)cc2c1c1ccccc1n2C(C)C. The number of rotatable bonds is 7. The maximum atomic E-state index is 13.1. The second-order valence-electron chi connectivity index (χ2n) is 7.70. The molecule has 0 aliphatic carbocycles. The molecule has 156 valence electrons. The van der Waals surface area contributed by atoms with Crippen molar-refractivity contribution in [3.05, 3.63) is 70.9 Å². The Morgan fingerprint density at radius 2 is 1.83 bits per heavy atom. The van der Waals surface area contributed by atoms with Crippen LogP contribution >= 0.6 is 11.6 Å². The van der Waals surface area contributed by atoms with E-state index in [1.165, 1.54) is 5.52 Å². The van der Waals surface area contributed by atoms with Gasteiger partial charge in [-0.1, -0.05) is 41.9 Å². The molecule has 0 unspecified atom stereocenters. The van der Waals surface area contributed by atoms with E-state index >= 15 is 0 Å². The molecular weight excluding hydrogens is 398 g/mol. The molecule has 0 radical (unpaired) electrons. The molecular formula is C24H26ClN3O2. The first-order valence-electron chi connectivity index (χ1n) is 10.1. The summed E-state index contributed by atoms with van der Waals surface area (Å²) < 4.78 is 9.71. The van der Waals surface area contributed by atoms with Crippen LogP contribution in [0, 0.1) is 0 Å². The summed E-state index contributed by atoms with van der Waals surface area (Å²) in [6, 6.07) is 18.1. The maximum absolute atomic E-state index is 13.1. The van der Waals surface area contributed by atoms with Crippen LogP contribution < -0.4 is 5.32 Å². The third-order valence-electron chi connectivity index (χ3n) is 5.39. The van der Waals surface area contributed by atoms with Crippen molar-refractivity contribution < 1.29 is 9.53 Å². The van der Waals surface area contributed by atoms with E-state index in [9.17, 15) is 4.79 Å². The third kappa shape index (κ3) is 3.71. The molecule has 0 aliphatic rings. The number of hydrogen-bond donors (Lipinski definition) is 1. The Balaban J connectivity index is 1.77. The van der Waals surface area contributed by atoms with Crippen molar-refractivity contribution in [1.82, 2.24) is 14.5 Å². The lowest BCUT2D eigenvalue weighted by Crippen LogP contribution is -2.26. The van der Waals surface area contributed by atoms with Gasteiger partial charge in [-0.15, -0.1) is 0 Å². The first-order valence-corrected chi connectivity index (χ1v) is 10.5. The van der Waals surface area contributed by atoms with Gasteiger partial charge in [0, 0.05) is 36.7 Å². The van der Waals surface area contributed by atoms with Crippen LogP contribution in [0.5, 0.6) is 0 Å². The number of para-hydroxylation sites is 1. The normalized spacial score (nSPS) is 11.6. The van der Waals surface area contributed by atoms with E-state index in [1.54, 1.807) is 7.11 Å². The number of benzene rings is 2. The lowest BCUT2D eigenvalue weighted by atomic mass is 10.2. The van der Waals surface area contributed by atoms with Crippen molar-refractivity contribution in [1.29, 1.82) is 0 Å². The predicted octanol–water partition coefficient (Wildman–Crippen LogP) is 5.41. The highest BCUT2D eigenvalue weighted by Crippen LogP contribution is 2.34.